The molecule has 0 aliphatic heterocycles. The largest absolute Gasteiger partial charge is 0.319 e. The van der Waals surface area contributed by atoms with Crippen molar-refractivity contribution in [2.45, 2.75) is 25.7 Å². The molecule has 0 aliphatic rings. The lowest BCUT2D eigenvalue weighted by Crippen LogP contribution is -2.14. The number of H-pyrrole nitrogens is 1. The van der Waals surface area contributed by atoms with Gasteiger partial charge in [-0.05, 0) is 57.2 Å². The zero-order valence-corrected chi connectivity index (χ0v) is 16.0. The van der Waals surface area contributed by atoms with Crippen LogP contribution in [0.5, 0.6) is 0 Å². The second-order valence-electron chi connectivity index (χ2n) is 6.26. The number of aromatic amines is 1. The first-order valence-corrected chi connectivity index (χ1v) is 9.77. The van der Waals surface area contributed by atoms with Gasteiger partial charge in [0.1, 0.15) is 0 Å². The molecule has 27 heavy (non-hydrogen) atoms. The number of hydrogen-bond donors (Lipinski definition) is 3. The van der Waals surface area contributed by atoms with Gasteiger partial charge in [0.05, 0.1) is 22.0 Å². The second kappa shape index (κ2) is 7.24. The fourth-order valence-corrected chi connectivity index (χ4v) is 3.60. The quantitative estimate of drug-likeness (QED) is 0.627. The van der Waals surface area contributed by atoms with Crippen LogP contribution in [0.15, 0.2) is 53.4 Å². The molecule has 0 spiro atoms. The summed E-state index contributed by atoms with van der Waals surface area (Å²) < 4.78 is 27.3. The summed E-state index contributed by atoms with van der Waals surface area (Å²) >= 11 is 0. The molecule has 3 N–H and O–H groups in total. The third kappa shape index (κ3) is 4.17. The molecular weight excluding hydrogens is 364 g/mol. The molecule has 0 bridgehead atoms. The van der Waals surface area contributed by atoms with Gasteiger partial charge < -0.3 is 5.32 Å². The normalized spacial score (nSPS) is 11.2. The summed E-state index contributed by atoms with van der Waals surface area (Å²) in [5.74, 6) is -0.296. The number of sulfonamides is 1. The molecule has 0 atom stereocenters. The predicted octanol–water partition coefficient (Wildman–Crippen LogP) is 3.39. The molecule has 3 aromatic rings. The lowest BCUT2D eigenvalue weighted by Gasteiger charge is -2.09. The van der Waals surface area contributed by atoms with E-state index >= 15 is 0 Å². The average molecular weight is 384 g/mol. The maximum atomic E-state index is 12.4. The van der Waals surface area contributed by atoms with E-state index < -0.39 is 10.0 Å². The average Bonchev–Trinajstić information content (AvgIpc) is 2.94. The summed E-state index contributed by atoms with van der Waals surface area (Å²) in [6, 6.07) is 12.8. The Bertz CT molecular complexity index is 1050. The number of nitrogens with zero attached hydrogens (tertiary/aromatic N) is 1. The van der Waals surface area contributed by atoms with Crippen molar-refractivity contribution in [1.29, 1.82) is 0 Å². The number of rotatable bonds is 5. The van der Waals surface area contributed by atoms with Gasteiger partial charge in [-0.3, -0.25) is 14.6 Å². The molecule has 0 aliphatic carbocycles. The molecule has 8 heteroatoms. The molecule has 0 radical (unpaired) electrons. The van der Waals surface area contributed by atoms with Crippen LogP contribution in [0.3, 0.4) is 0 Å². The summed E-state index contributed by atoms with van der Waals surface area (Å²) in [6.45, 7) is 5.50. The van der Waals surface area contributed by atoms with Gasteiger partial charge in [-0.15, -0.1) is 0 Å². The Morgan fingerprint density at radius 2 is 1.59 bits per heavy atom. The van der Waals surface area contributed by atoms with E-state index in [1.165, 1.54) is 0 Å². The van der Waals surface area contributed by atoms with Crippen LogP contribution in [-0.2, 0) is 10.0 Å². The fourth-order valence-electron chi connectivity index (χ4n) is 2.54. The summed E-state index contributed by atoms with van der Waals surface area (Å²) in [7, 11) is -3.68. The fraction of sp³-hybridized carbons (Fsp3) is 0.158. The zero-order valence-electron chi connectivity index (χ0n) is 15.2. The van der Waals surface area contributed by atoms with E-state index in [1.807, 2.05) is 13.8 Å². The van der Waals surface area contributed by atoms with Crippen LogP contribution in [0.4, 0.5) is 11.4 Å². The van der Waals surface area contributed by atoms with E-state index in [-0.39, 0.29) is 10.8 Å². The van der Waals surface area contributed by atoms with E-state index in [0.717, 1.165) is 11.3 Å². The van der Waals surface area contributed by atoms with E-state index in [1.54, 1.807) is 55.5 Å². The lowest BCUT2D eigenvalue weighted by molar-refractivity contribution is 0.102. The van der Waals surface area contributed by atoms with Crippen molar-refractivity contribution in [2.24, 2.45) is 0 Å². The van der Waals surface area contributed by atoms with Crippen molar-refractivity contribution in [2.75, 3.05) is 10.0 Å². The first kappa shape index (κ1) is 18.7. The van der Waals surface area contributed by atoms with Crippen LogP contribution >= 0.6 is 0 Å². The number of aromatic nitrogens is 2. The van der Waals surface area contributed by atoms with Crippen LogP contribution in [0.2, 0.25) is 0 Å². The Balaban J connectivity index is 1.73. The third-order valence-electron chi connectivity index (χ3n) is 4.10. The number of aryl methyl sites for hydroxylation is 3. The molecule has 0 unspecified atom stereocenters. The van der Waals surface area contributed by atoms with Gasteiger partial charge in [-0.25, -0.2) is 8.42 Å². The Morgan fingerprint density at radius 3 is 2.15 bits per heavy atom. The topological polar surface area (TPSA) is 104 Å². The van der Waals surface area contributed by atoms with Crippen LogP contribution < -0.4 is 10.0 Å². The van der Waals surface area contributed by atoms with E-state index in [9.17, 15) is 13.2 Å². The molecule has 1 aromatic heterocycles. The minimum absolute atomic E-state index is 0.181. The van der Waals surface area contributed by atoms with Gasteiger partial charge in [0, 0.05) is 11.3 Å². The van der Waals surface area contributed by atoms with Gasteiger partial charge >= 0.3 is 0 Å². The van der Waals surface area contributed by atoms with Crippen molar-refractivity contribution >= 4 is 27.3 Å². The van der Waals surface area contributed by atoms with Gasteiger partial charge in [-0.1, -0.05) is 17.7 Å². The number of anilines is 2. The standard InChI is InChI=1S/C19H20N4O3S/c1-12-4-10-17(11-5-12)27(25,26)23-16-8-6-15(7-9-16)19(24)20-18-13(2)21-22-14(18)3/h4-11,23H,1-3H3,(H,20,24)(H,21,22). The number of carbonyl (C=O) groups excluding carboxylic acids is 1. The maximum absolute atomic E-state index is 12.4. The number of carbonyl (C=O) groups is 1. The first-order valence-electron chi connectivity index (χ1n) is 8.29. The Labute approximate surface area is 157 Å². The maximum Gasteiger partial charge on any atom is 0.261 e. The van der Waals surface area contributed by atoms with Crippen molar-refractivity contribution < 1.29 is 13.2 Å². The predicted molar refractivity (Wildman–Crippen MR) is 104 cm³/mol. The molecule has 7 nitrogen and oxygen atoms in total. The van der Waals surface area contributed by atoms with Gasteiger partial charge in [-0.2, -0.15) is 5.10 Å². The number of hydrogen-bond acceptors (Lipinski definition) is 4. The zero-order chi connectivity index (χ0) is 19.6. The molecule has 1 heterocycles. The number of nitrogens with one attached hydrogen (secondary N) is 3. The van der Waals surface area contributed by atoms with Gasteiger partial charge in [0.2, 0.25) is 0 Å². The summed E-state index contributed by atoms with van der Waals surface area (Å²) in [5, 5.41) is 9.64. The van der Waals surface area contributed by atoms with E-state index in [2.05, 4.69) is 20.2 Å². The second-order valence-corrected chi connectivity index (χ2v) is 7.94. The highest BCUT2D eigenvalue weighted by Gasteiger charge is 2.15. The minimum Gasteiger partial charge on any atom is -0.319 e. The SMILES string of the molecule is Cc1ccc(S(=O)(=O)Nc2ccc(C(=O)Nc3c(C)n[nH]c3C)cc2)cc1. The monoisotopic (exact) mass is 384 g/mol. The van der Waals surface area contributed by atoms with E-state index in [0.29, 0.717) is 22.6 Å². The molecule has 140 valence electrons. The number of amides is 1. The summed E-state index contributed by atoms with van der Waals surface area (Å²) in [5.41, 5.74) is 3.87. The first-order chi connectivity index (χ1) is 12.8. The molecular formula is C19H20N4O3S. The Hall–Kier alpha value is -3.13. The summed E-state index contributed by atoms with van der Waals surface area (Å²) in [6.07, 6.45) is 0. The molecule has 1 amide bonds. The lowest BCUT2D eigenvalue weighted by atomic mass is 10.2. The van der Waals surface area contributed by atoms with Gasteiger partial charge in [0.25, 0.3) is 15.9 Å². The number of benzene rings is 2. The molecule has 0 saturated heterocycles. The molecule has 0 saturated carbocycles. The highest BCUT2D eigenvalue weighted by atomic mass is 32.2. The van der Waals surface area contributed by atoms with Crippen molar-refractivity contribution in [3.05, 3.63) is 71.0 Å². The van der Waals surface area contributed by atoms with Gasteiger partial charge in [0.15, 0.2) is 0 Å². The minimum atomic E-state index is -3.68. The van der Waals surface area contributed by atoms with Crippen molar-refractivity contribution in [3.8, 4) is 0 Å². The van der Waals surface area contributed by atoms with Crippen LogP contribution in [0, 0.1) is 20.8 Å². The Kier molecular flexibility index (Phi) is 5.00. The molecule has 0 fully saturated rings. The van der Waals surface area contributed by atoms with Crippen LogP contribution in [0.25, 0.3) is 0 Å². The summed E-state index contributed by atoms with van der Waals surface area (Å²) in [4.78, 5) is 12.6. The van der Waals surface area contributed by atoms with Crippen LogP contribution in [0.1, 0.15) is 27.3 Å². The molecule has 2 aromatic carbocycles. The highest BCUT2D eigenvalue weighted by Crippen LogP contribution is 2.20. The van der Waals surface area contributed by atoms with Crippen LogP contribution in [-0.4, -0.2) is 24.5 Å². The van der Waals surface area contributed by atoms with Crippen molar-refractivity contribution in [3.63, 3.8) is 0 Å². The Morgan fingerprint density at radius 1 is 0.963 bits per heavy atom. The highest BCUT2D eigenvalue weighted by molar-refractivity contribution is 7.92. The molecule has 3 rings (SSSR count). The third-order valence-corrected chi connectivity index (χ3v) is 5.49. The van der Waals surface area contributed by atoms with E-state index in [4.69, 9.17) is 0 Å². The van der Waals surface area contributed by atoms with Crippen molar-refractivity contribution in [1.82, 2.24) is 10.2 Å². The smallest absolute Gasteiger partial charge is 0.261 e.